The van der Waals surface area contributed by atoms with E-state index < -0.39 is 0 Å². The second-order valence-corrected chi connectivity index (χ2v) is 3.91. The number of hydrogen-bond acceptors (Lipinski definition) is 3. The lowest BCUT2D eigenvalue weighted by Gasteiger charge is -2.06. The molecule has 3 nitrogen and oxygen atoms in total. The average molecular weight is 198 g/mol. The number of nitrogens with one attached hydrogen (secondary N) is 1. The SMILES string of the molecule is CC(C)c1nc(Cl)c2c(n1)CNC2. The first-order valence-electron chi connectivity index (χ1n) is 4.44. The van der Waals surface area contributed by atoms with Crippen LogP contribution >= 0.6 is 11.6 Å². The van der Waals surface area contributed by atoms with Crippen LogP contribution < -0.4 is 5.32 Å². The van der Waals surface area contributed by atoms with Gasteiger partial charge in [-0.2, -0.15) is 0 Å². The van der Waals surface area contributed by atoms with Crippen LogP contribution in [0.1, 0.15) is 36.8 Å². The molecular weight excluding hydrogens is 186 g/mol. The molecule has 0 aliphatic carbocycles. The van der Waals surface area contributed by atoms with Gasteiger partial charge in [0.1, 0.15) is 11.0 Å². The summed E-state index contributed by atoms with van der Waals surface area (Å²) in [6.45, 7) is 5.75. The summed E-state index contributed by atoms with van der Waals surface area (Å²) in [6.07, 6.45) is 0. The Labute approximate surface area is 82.5 Å². The number of aromatic nitrogens is 2. The number of nitrogens with zero attached hydrogens (tertiary/aromatic N) is 2. The lowest BCUT2D eigenvalue weighted by molar-refractivity contribution is 0.741. The molecule has 1 N–H and O–H groups in total. The first kappa shape index (κ1) is 8.91. The van der Waals surface area contributed by atoms with Crippen molar-refractivity contribution in [1.82, 2.24) is 15.3 Å². The monoisotopic (exact) mass is 197 g/mol. The summed E-state index contributed by atoms with van der Waals surface area (Å²) in [5.41, 5.74) is 2.12. The van der Waals surface area contributed by atoms with E-state index in [2.05, 4.69) is 29.1 Å². The lowest BCUT2D eigenvalue weighted by atomic mass is 10.2. The van der Waals surface area contributed by atoms with Crippen molar-refractivity contribution in [2.24, 2.45) is 0 Å². The Bertz CT molecular complexity index is 336. The molecule has 0 amide bonds. The van der Waals surface area contributed by atoms with E-state index in [1.54, 1.807) is 0 Å². The Balaban J connectivity index is 2.49. The van der Waals surface area contributed by atoms with Gasteiger partial charge >= 0.3 is 0 Å². The molecule has 0 spiro atoms. The summed E-state index contributed by atoms with van der Waals surface area (Å²) in [6, 6.07) is 0. The van der Waals surface area contributed by atoms with E-state index in [9.17, 15) is 0 Å². The van der Waals surface area contributed by atoms with E-state index in [-0.39, 0.29) is 0 Å². The van der Waals surface area contributed by atoms with Crippen LogP contribution in [0.15, 0.2) is 0 Å². The summed E-state index contributed by atoms with van der Waals surface area (Å²) in [7, 11) is 0. The Hall–Kier alpha value is -0.670. The van der Waals surface area contributed by atoms with Gasteiger partial charge in [0, 0.05) is 24.6 Å². The normalized spacial score (nSPS) is 15.1. The molecule has 0 atom stereocenters. The molecule has 2 rings (SSSR count). The Morgan fingerprint density at radius 3 is 2.77 bits per heavy atom. The van der Waals surface area contributed by atoms with Gasteiger partial charge < -0.3 is 5.32 Å². The Morgan fingerprint density at radius 1 is 1.31 bits per heavy atom. The fourth-order valence-electron chi connectivity index (χ4n) is 1.40. The molecule has 0 bridgehead atoms. The topological polar surface area (TPSA) is 37.8 Å². The molecule has 1 aliphatic rings. The Morgan fingerprint density at radius 2 is 2.08 bits per heavy atom. The summed E-state index contributed by atoms with van der Waals surface area (Å²) >= 11 is 6.03. The van der Waals surface area contributed by atoms with Gasteiger partial charge in [-0.25, -0.2) is 9.97 Å². The smallest absolute Gasteiger partial charge is 0.137 e. The van der Waals surface area contributed by atoms with Crippen molar-refractivity contribution in [2.75, 3.05) is 0 Å². The minimum Gasteiger partial charge on any atom is -0.307 e. The molecule has 2 heterocycles. The first-order chi connectivity index (χ1) is 6.18. The number of halogens is 1. The standard InChI is InChI=1S/C9H12ClN3/c1-5(2)9-12-7-4-11-3-6(7)8(10)13-9/h5,11H,3-4H2,1-2H3. The molecule has 0 saturated heterocycles. The van der Waals surface area contributed by atoms with Crippen LogP contribution in [0, 0.1) is 0 Å². The van der Waals surface area contributed by atoms with Gasteiger partial charge in [0.25, 0.3) is 0 Å². The fourth-order valence-corrected chi connectivity index (χ4v) is 1.67. The highest BCUT2D eigenvalue weighted by atomic mass is 35.5. The molecule has 0 radical (unpaired) electrons. The summed E-state index contributed by atoms with van der Waals surface area (Å²) in [5, 5.41) is 3.82. The minimum atomic E-state index is 0.336. The van der Waals surface area contributed by atoms with Gasteiger partial charge in [-0.3, -0.25) is 0 Å². The number of fused-ring (bicyclic) bond motifs is 1. The molecule has 0 aromatic carbocycles. The number of rotatable bonds is 1. The second-order valence-electron chi connectivity index (χ2n) is 3.56. The van der Waals surface area contributed by atoms with Crippen molar-refractivity contribution in [2.45, 2.75) is 32.9 Å². The zero-order valence-corrected chi connectivity index (χ0v) is 8.52. The van der Waals surface area contributed by atoms with Crippen molar-refractivity contribution in [3.05, 3.63) is 22.2 Å². The van der Waals surface area contributed by atoms with E-state index >= 15 is 0 Å². The quantitative estimate of drug-likeness (QED) is 0.699. The van der Waals surface area contributed by atoms with Gasteiger partial charge in [0.15, 0.2) is 0 Å². The summed E-state index contributed by atoms with van der Waals surface area (Å²) < 4.78 is 0. The summed E-state index contributed by atoms with van der Waals surface area (Å²) in [5.74, 6) is 1.18. The average Bonchev–Trinajstić information content (AvgIpc) is 2.51. The second kappa shape index (κ2) is 3.24. The predicted octanol–water partition coefficient (Wildman–Crippen LogP) is 1.86. The van der Waals surface area contributed by atoms with Crippen molar-refractivity contribution in [3.63, 3.8) is 0 Å². The number of hydrogen-bond donors (Lipinski definition) is 1. The minimum absolute atomic E-state index is 0.336. The van der Waals surface area contributed by atoms with Crippen molar-refractivity contribution in [1.29, 1.82) is 0 Å². The highest BCUT2D eigenvalue weighted by molar-refractivity contribution is 6.30. The van der Waals surface area contributed by atoms with Gasteiger partial charge in [-0.15, -0.1) is 0 Å². The van der Waals surface area contributed by atoms with Crippen LogP contribution in [0.2, 0.25) is 5.15 Å². The third-order valence-electron chi connectivity index (χ3n) is 2.17. The largest absolute Gasteiger partial charge is 0.307 e. The van der Waals surface area contributed by atoms with Crippen molar-refractivity contribution >= 4 is 11.6 Å². The molecule has 0 fully saturated rings. The molecule has 70 valence electrons. The van der Waals surface area contributed by atoms with E-state index in [0.29, 0.717) is 11.1 Å². The Kier molecular flexibility index (Phi) is 2.22. The van der Waals surface area contributed by atoms with Gasteiger partial charge in [0.05, 0.1) is 5.69 Å². The van der Waals surface area contributed by atoms with Crippen molar-refractivity contribution in [3.8, 4) is 0 Å². The van der Waals surface area contributed by atoms with Crippen molar-refractivity contribution < 1.29 is 0 Å². The van der Waals surface area contributed by atoms with Crippen LogP contribution in [0.3, 0.4) is 0 Å². The van der Waals surface area contributed by atoms with Crippen LogP contribution in [-0.4, -0.2) is 9.97 Å². The van der Waals surface area contributed by atoms with Crippen LogP contribution in [0.5, 0.6) is 0 Å². The highest BCUT2D eigenvalue weighted by Gasteiger charge is 2.18. The molecule has 1 aromatic rings. The van der Waals surface area contributed by atoms with Crippen LogP contribution in [0.25, 0.3) is 0 Å². The van der Waals surface area contributed by atoms with Gasteiger partial charge in [-0.1, -0.05) is 25.4 Å². The maximum Gasteiger partial charge on any atom is 0.137 e. The molecule has 1 aromatic heterocycles. The fraction of sp³-hybridized carbons (Fsp3) is 0.556. The van der Waals surface area contributed by atoms with E-state index in [4.69, 9.17) is 11.6 Å². The van der Waals surface area contributed by atoms with Crippen LogP contribution in [0.4, 0.5) is 0 Å². The maximum absolute atomic E-state index is 6.03. The summed E-state index contributed by atoms with van der Waals surface area (Å²) in [4.78, 5) is 8.71. The first-order valence-corrected chi connectivity index (χ1v) is 4.82. The molecular formula is C9H12ClN3. The van der Waals surface area contributed by atoms with Gasteiger partial charge in [-0.05, 0) is 0 Å². The molecule has 0 unspecified atom stereocenters. The van der Waals surface area contributed by atoms with Gasteiger partial charge in [0.2, 0.25) is 0 Å². The maximum atomic E-state index is 6.03. The molecule has 13 heavy (non-hydrogen) atoms. The predicted molar refractivity (Wildman–Crippen MR) is 51.7 cm³/mol. The highest BCUT2D eigenvalue weighted by Crippen LogP contribution is 2.23. The van der Waals surface area contributed by atoms with E-state index in [1.807, 2.05) is 0 Å². The van der Waals surface area contributed by atoms with E-state index in [0.717, 1.165) is 30.2 Å². The molecule has 4 heteroatoms. The zero-order valence-electron chi connectivity index (χ0n) is 7.76. The third kappa shape index (κ3) is 1.54. The zero-order chi connectivity index (χ0) is 9.42. The molecule has 0 saturated carbocycles. The van der Waals surface area contributed by atoms with E-state index in [1.165, 1.54) is 0 Å². The lowest BCUT2D eigenvalue weighted by Crippen LogP contribution is -2.02. The van der Waals surface area contributed by atoms with Crippen LogP contribution in [-0.2, 0) is 13.1 Å². The third-order valence-corrected chi connectivity index (χ3v) is 2.48. The molecule has 1 aliphatic heterocycles.